The first kappa shape index (κ1) is 15.9. The lowest BCUT2D eigenvalue weighted by atomic mass is 10.0. The number of amides is 1. The monoisotopic (exact) mass is 332 g/mol. The lowest BCUT2D eigenvalue weighted by Crippen LogP contribution is -2.28. The van der Waals surface area contributed by atoms with Gasteiger partial charge < -0.3 is 14.9 Å². The number of carbonyl (C=O) groups is 1. The SMILES string of the molecule is O=C(Nc1ccc(OC(F)F)cc1)[C@H]1CC(c2ccccc2)=NO1. The molecule has 0 aromatic heterocycles. The number of nitrogens with one attached hydrogen (secondary N) is 1. The molecule has 3 rings (SSSR count). The minimum absolute atomic E-state index is 0.0230. The topological polar surface area (TPSA) is 59.9 Å². The van der Waals surface area contributed by atoms with Crippen LogP contribution in [0.5, 0.6) is 5.75 Å². The van der Waals surface area contributed by atoms with Crippen molar-refractivity contribution in [1.29, 1.82) is 0 Å². The van der Waals surface area contributed by atoms with Crippen LogP contribution in [0, 0.1) is 0 Å². The van der Waals surface area contributed by atoms with E-state index < -0.39 is 12.7 Å². The van der Waals surface area contributed by atoms with Crippen LogP contribution in [0.15, 0.2) is 59.8 Å². The Morgan fingerprint density at radius 1 is 1.17 bits per heavy atom. The molecule has 5 nitrogen and oxygen atoms in total. The summed E-state index contributed by atoms with van der Waals surface area (Å²) in [5.41, 5.74) is 2.07. The Balaban J connectivity index is 1.57. The van der Waals surface area contributed by atoms with Crippen LogP contribution in [0.3, 0.4) is 0 Å². The molecule has 1 amide bonds. The van der Waals surface area contributed by atoms with Crippen molar-refractivity contribution in [2.45, 2.75) is 19.1 Å². The van der Waals surface area contributed by atoms with E-state index in [1.165, 1.54) is 24.3 Å². The molecule has 1 aliphatic heterocycles. The molecule has 1 N–H and O–H groups in total. The van der Waals surface area contributed by atoms with Crippen LogP contribution in [0.1, 0.15) is 12.0 Å². The van der Waals surface area contributed by atoms with Gasteiger partial charge in [-0.1, -0.05) is 35.5 Å². The number of carbonyl (C=O) groups excluding carboxylic acids is 1. The molecule has 2 aromatic rings. The molecule has 0 radical (unpaired) electrons. The van der Waals surface area contributed by atoms with Gasteiger partial charge in [0.2, 0.25) is 6.10 Å². The predicted molar refractivity (Wildman–Crippen MR) is 84.2 cm³/mol. The molecule has 0 saturated carbocycles. The Labute approximate surface area is 136 Å². The molecule has 0 saturated heterocycles. The molecule has 0 bridgehead atoms. The number of oxime groups is 1. The average Bonchev–Trinajstić information content (AvgIpc) is 3.07. The van der Waals surface area contributed by atoms with Crippen molar-refractivity contribution in [1.82, 2.24) is 0 Å². The van der Waals surface area contributed by atoms with Crippen molar-refractivity contribution in [2.24, 2.45) is 5.16 Å². The molecule has 0 unspecified atom stereocenters. The fourth-order valence-electron chi connectivity index (χ4n) is 2.26. The molecule has 1 aliphatic rings. The Morgan fingerprint density at radius 3 is 2.54 bits per heavy atom. The number of hydrogen-bond donors (Lipinski definition) is 1. The van der Waals surface area contributed by atoms with Gasteiger partial charge in [-0.3, -0.25) is 4.79 Å². The molecule has 24 heavy (non-hydrogen) atoms. The maximum Gasteiger partial charge on any atom is 0.387 e. The van der Waals surface area contributed by atoms with Gasteiger partial charge in [-0.05, 0) is 29.8 Å². The zero-order valence-electron chi connectivity index (χ0n) is 12.5. The minimum atomic E-state index is -2.88. The maximum atomic E-state index is 12.2. The highest BCUT2D eigenvalue weighted by molar-refractivity contribution is 6.06. The Bertz CT molecular complexity index is 733. The third-order valence-corrected chi connectivity index (χ3v) is 3.42. The first-order valence-corrected chi connectivity index (χ1v) is 7.25. The summed E-state index contributed by atoms with van der Waals surface area (Å²) in [5, 5.41) is 6.61. The summed E-state index contributed by atoms with van der Waals surface area (Å²) >= 11 is 0. The van der Waals surface area contributed by atoms with Crippen LogP contribution in [0.4, 0.5) is 14.5 Å². The summed E-state index contributed by atoms with van der Waals surface area (Å²) in [6.45, 7) is -2.88. The van der Waals surface area contributed by atoms with Crippen LogP contribution < -0.4 is 10.1 Å². The largest absolute Gasteiger partial charge is 0.435 e. The van der Waals surface area contributed by atoms with Crippen molar-refractivity contribution in [2.75, 3.05) is 5.32 Å². The highest BCUT2D eigenvalue weighted by atomic mass is 19.3. The number of ether oxygens (including phenoxy) is 1. The van der Waals surface area contributed by atoms with Gasteiger partial charge in [0.1, 0.15) is 5.75 Å². The Hall–Kier alpha value is -2.96. The fourth-order valence-corrected chi connectivity index (χ4v) is 2.26. The molecule has 124 valence electrons. The predicted octanol–water partition coefficient (Wildman–Crippen LogP) is 3.42. The van der Waals surface area contributed by atoms with Crippen LogP contribution >= 0.6 is 0 Å². The first-order valence-electron chi connectivity index (χ1n) is 7.25. The summed E-state index contributed by atoms with van der Waals surface area (Å²) in [7, 11) is 0. The van der Waals surface area contributed by atoms with E-state index in [0.717, 1.165) is 5.56 Å². The summed E-state index contributed by atoms with van der Waals surface area (Å²) in [5.74, 6) is -0.331. The standard InChI is InChI=1S/C17H14F2N2O3/c18-17(19)23-13-8-6-12(7-9-13)20-16(22)15-10-14(21-24-15)11-4-2-1-3-5-11/h1-9,15,17H,10H2,(H,20,22)/t15-/m1/s1. The van der Waals surface area contributed by atoms with Gasteiger partial charge in [0.05, 0.1) is 5.71 Å². The summed E-state index contributed by atoms with van der Waals surface area (Å²) in [6, 6.07) is 15.1. The van der Waals surface area contributed by atoms with E-state index in [-0.39, 0.29) is 11.7 Å². The maximum absolute atomic E-state index is 12.2. The molecule has 0 spiro atoms. The zero-order valence-corrected chi connectivity index (χ0v) is 12.5. The second kappa shape index (κ2) is 7.08. The molecular weight excluding hydrogens is 318 g/mol. The molecular formula is C17H14F2N2O3. The third kappa shape index (κ3) is 3.87. The van der Waals surface area contributed by atoms with Crippen molar-refractivity contribution in [3.63, 3.8) is 0 Å². The summed E-state index contributed by atoms with van der Waals surface area (Å²) in [4.78, 5) is 17.4. The molecule has 1 atom stereocenters. The molecule has 0 fully saturated rings. The number of halogens is 2. The van der Waals surface area contributed by atoms with E-state index >= 15 is 0 Å². The van der Waals surface area contributed by atoms with E-state index in [0.29, 0.717) is 17.8 Å². The van der Waals surface area contributed by atoms with Gasteiger partial charge in [0.15, 0.2) is 0 Å². The van der Waals surface area contributed by atoms with Gasteiger partial charge in [0.25, 0.3) is 5.91 Å². The summed E-state index contributed by atoms with van der Waals surface area (Å²) in [6.07, 6.45) is -0.361. The number of nitrogens with zero attached hydrogens (tertiary/aromatic N) is 1. The molecule has 0 aliphatic carbocycles. The highest BCUT2D eigenvalue weighted by Crippen LogP contribution is 2.20. The zero-order chi connectivity index (χ0) is 16.9. The molecule has 1 heterocycles. The number of rotatable bonds is 5. The summed E-state index contributed by atoms with van der Waals surface area (Å²) < 4.78 is 28.4. The van der Waals surface area contributed by atoms with Crippen molar-refractivity contribution in [3.05, 3.63) is 60.2 Å². The van der Waals surface area contributed by atoms with Crippen molar-refractivity contribution >= 4 is 17.3 Å². The van der Waals surface area contributed by atoms with Crippen molar-refractivity contribution < 1.29 is 23.1 Å². The smallest absolute Gasteiger partial charge is 0.387 e. The Morgan fingerprint density at radius 2 is 1.88 bits per heavy atom. The lowest BCUT2D eigenvalue weighted by molar-refractivity contribution is -0.125. The van der Waals surface area contributed by atoms with E-state index in [1.54, 1.807) is 0 Å². The number of anilines is 1. The van der Waals surface area contributed by atoms with Gasteiger partial charge in [0, 0.05) is 12.1 Å². The van der Waals surface area contributed by atoms with Gasteiger partial charge in [-0.2, -0.15) is 8.78 Å². The van der Waals surface area contributed by atoms with Crippen LogP contribution in [-0.2, 0) is 9.63 Å². The van der Waals surface area contributed by atoms with Gasteiger partial charge >= 0.3 is 6.61 Å². The van der Waals surface area contributed by atoms with E-state index in [4.69, 9.17) is 4.84 Å². The minimum Gasteiger partial charge on any atom is -0.435 e. The normalized spacial score (nSPS) is 16.5. The van der Waals surface area contributed by atoms with Gasteiger partial charge in [-0.25, -0.2) is 0 Å². The number of benzene rings is 2. The number of hydrogen-bond acceptors (Lipinski definition) is 4. The number of alkyl halides is 2. The fraction of sp³-hybridized carbons (Fsp3) is 0.176. The Kier molecular flexibility index (Phi) is 4.69. The second-order valence-corrected chi connectivity index (χ2v) is 5.09. The first-order chi connectivity index (χ1) is 11.6. The van der Waals surface area contributed by atoms with Crippen LogP contribution in [0.25, 0.3) is 0 Å². The van der Waals surface area contributed by atoms with Gasteiger partial charge in [-0.15, -0.1) is 0 Å². The van der Waals surface area contributed by atoms with E-state index in [1.807, 2.05) is 30.3 Å². The van der Waals surface area contributed by atoms with Crippen LogP contribution in [-0.4, -0.2) is 24.3 Å². The van der Waals surface area contributed by atoms with E-state index in [9.17, 15) is 13.6 Å². The second-order valence-electron chi connectivity index (χ2n) is 5.09. The van der Waals surface area contributed by atoms with E-state index in [2.05, 4.69) is 15.2 Å². The molecule has 2 aromatic carbocycles. The lowest BCUT2D eigenvalue weighted by Gasteiger charge is -2.10. The van der Waals surface area contributed by atoms with Crippen molar-refractivity contribution in [3.8, 4) is 5.75 Å². The average molecular weight is 332 g/mol. The third-order valence-electron chi connectivity index (χ3n) is 3.42. The highest BCUT2D eigenvalue weighted by Gasteiger charge is 2.28. The quantitative estimate of drug-likeness (QED) is 0.913. The van der Waals surface area contributed by atoms with Crippen LogP contribution in [0.2, 0.25) is 0 Å². The molecule has 7 heteroatoms.